The van der Waals surface area contributed by atoms with Crippen LogP contribution in [-0.4, -0.2) is 17.7 Å². The first-order chi connectivity index (χ1) is 7.31. The number of hydrogen-bond acceptors (Lipinski definition) is 4. The molecule has 0 amide bonds. The van der Waals surface area contributed by atoms with Gasteiger partial charge in [-0.05, 0) is 12.0 Å². The summed E-state index contributed by atoms with van der Waals surface area (Å²) in [5.41, 5.74) is 0. The monoisotopic (exact) mass is 228 g/mol. The van der Waals surface area contributed by atoms with Gasteiger partial charge in [-0.15, -0.1) is 0 Å². The van der Waals surface area contributed by atoms with E-state index in [-0.39, 0.29) is 5.92 Å². The Hall–Kier alpha value is -1.32. The molecule has 0 aromatic rings. The van der Waals surface area contributed by atoms with Crippen molar-refractivity contribution in [3.63, 3.8) is 0 Å². The third kappa shape index (κ3) is 5.53. The van der Waals surface area contributed by atoms with Gasteiger partial charge < -0.3 is 9.47 Å². The Kier molecular flexibility index (Phi) is 5.78. The first-order valence-electron chi connectivity index (χ1n) is 5.40. The maximum Gasteiger partial charge on any atom is 0.306 e. The van der Waals surface area contributed by atoms with Crippen molar-refractivity contribution in [2.45, 2.75) is 46.8 Å². The van der Waals surface area contributed by atoms with E-state index >= 15 is 0 Å². The zero-order valence-electron chi connectivity index (χ0n) is 10.6. The lowest BCUT2D eigenvalue weighted by Crippen LogP contribution is -2.36. The summed E-state index contributed by atoms with van der Waals surface area (Å²) < 4.78 is 10.2. The molecule has 0 aliphatic rings. The van der Waals surface area contributed by atoms with Crippen molar-refractivity contribution in [2.24, 2.45) is 5.92 Å². The van der Waals surface area contributed by atoms with Crippen molar-refractivity contribution < 1.29 is 19.1 Å². The molecule has 0 N–H and O–H groups in total. The molecule has 0 radical (unpaired) electrons. The van der Waals surface area contributed by atoms with Crippen molar-refractivity contribution >= 4 is 11.9 Å². The van der Waals surface area contributed by atoms with Crippen LogP contribution in [0.5, 0.6) is 0 Å². The second-order valence-electron chi connectivity index (χ2n) is 3.96. The van der Waals surface area contributed by atoms with Crippen LogP contribution in [0.25, 0.3) is 0 Å². The number of carbonyl (C=O) groups is 2. The van der Waals surface area contributed by atoms with Gasteiger partial charge in [0.2, 0.25) is 0 Å². The number of hydrogen-bond donors (Lipinski definition) is 0. The molecule has 0 unspecified atom stereocenters. The largest absolute Gasteiger partial charge is 0.419 e. The summed E-state index contributed by atoms with van der Waals surface area (Å²) in [5.74, 6) is -1.92. The highest BCUT2D eigenvalue weighted by atomic mass is 16.7. The molecule has 0 aromatic heterocycles. The normalized spacial score (nSPS) is 11.9. The van der Waals surface area contributed by atoms with Gasteiger partial charge in [0.15, 0.2) is 0 Å². The average Bonchev–Trinajstić information content (AvgIpc) is 2.12. The molecule has 0 bridgehead atoms. The molecule has 0 aliphatic carbocycles. The van der Waals surface area contributed by atoms with E-state index in [1.54, 1.807) is 13.0 Å². The smallest absolute Gasteiger partial charge is 0.306 e. The van der Waals surface area contributed by atoms with E-state index in [9.17, 15) is 9.59 Å². The van der Waals surface area contributed by atoms with Gasteiger partial charge in [-0.2, -0.15) is 0 Å². The minimum atomic E-state index is -1.26. The molecule has 0 rings (SSSR count). The lowest BCUT2D eigenvalue weighted by molar-refractivity contribution is -0.209. The van der Waals surface area contributed by atoms with Crippen molar-refractivity contribution in [1.82, 2.24) is 0 Å². The summed E-state index contributed by atoms with van der Waals surface area (Å²) in [6.45, 7) is 8.34. The van der Waals surface area contributed by atoms with E-state index in [1.165, 1.54) is 13.8 Å². The molecule has 0 atom stereocenters. The predicted molar refractivity (Wildman–Crippen MR) is 60.5 cm³/mol. The molecule has 0 heterocycles. The lowest BCUT2D eigenvalue weighted by Gasteiger charge is -2.28. The van der Waals surface area contributed by atoms with Crippen LogP contribution in [0.4, 0.5) is 0 Å². The fraction of sp³-hybridized carbons (Fsp3) is 0.667. The van der Waals surface area contributed by atoms with Gasteiger partial charge in [0.25, 0.3) is 5.79 Å². The second-order valence-corrected chi connectivity index (χ2v) is 3.96. The van der Waals surface area contributed by atoms with E-state index in [4.69, 9.17) is 9.47 Å². The molecule has 4 heteroatoms. The van der Waals surface area contributed by atoms with Gasteiger partial charge in [-0.3, -0.25) is 9.59 Å². The Bertz CT molecular complexity index is 263. The van der Waals surface area contributed by atoms with Crippen molar-refractivity contribution in [3.05, 3.63) is 12.2 Å². The molecule has 4 nitrogen and oxygen atoms in total. The van der Waals surface area contributed by atoms with Crippen LogP contribution in [0.2, 0.25) is 0 Å². The minimum Gasteiger partial charge on any atom is -0.419 e. The highest BCUT2D eigenvalue weighted by Gasteiger charge is 2.32. The van der Waals surface area contributed by atoms with Crippen LogP contribution in [0.3, 0.4) is 0 Å². The number of allylic oxidation sites excluding steroid dienone is 1. The summed E-state index contributed by atoms with van der Waals surface area (Å²) in [6.07, 6.45) is 3.85. The Morgan fingerprint density at radius 1 is 1.19 bits per heavy atom. The maximum atomic E-state index is 11.0. The summed E-state index contributed by atoms with van der Waals surface area (Å²) in [4.78, 5) is 22.0. The third-order valence-electron chi connectivity index (χ3n) is 1.86. The number of rotatable bonds is 5. The van der Waals surface area contributed by atoms with Crippen LogP contribution in [-0.2, 0) is 19.1 Å². The number of esters is 2. The van der Waals surface area contributed by atoms with Gasteiger partial charge >= 0.3 is 11.9 Å². The maximum absolute atomic E-state index is 11.0. The minimum absolute atomic E-state index is 0.289. The quantitative estimate of drug-likeness (QED) is 0.412. The molecular formula is C12H20O4. The van der Waals surface area contributed by atoms with Gasteiger partial charge in [-0.1, -0.05) is 26.8 Å². The predicted octanol–water partition coefficient (Wildman–Crippen LogP) is 2.43. The fourth-order valence-electron chi connectivity index (χ4n) is 1.18. The molecule has 0 saturated carbocycles. The van der Waals surface area contributed by atoms with Gasteiger partial charge in [-0.25, -0.2) is 0 Å². The van der Waals surface area contributed by atoms with E-state index in [1.807, 2.05) is 19.9 Å². The fourth-order valence-corrected chi connectivity index (χ4v) is 1.18. The van der Waals surface area contributed by atoms with E-state index in [0.717, 1.165) is 0 Å². The molecular weight excluding hydrogens is 208 g/mol. The zero-order valence-corrected chi connectivity index (χ0v) is 10.6. The van der Waals surface area contributed by atoms with Crippen LogP contribution in [0.1, 0.15) is 41.0 Å². The summed E-state index contributed by atoms with van der Waals surface area (Å²) in [7, 11) is 0. The number of carbonyl (C=O) groups excluding carboxylic acids is 2. The highest BCUT2D eigenvalue weighted by molar-refractivity contribution is 5.69. The standard InChI is InChI=1S/C12H20O4/c1-6-12(15-10(4)13,16-11(5)14)8-7-9(2)3/h7-9H,6H2,1-5H3/b8-7-. The Labute approximate surface area is 96.6 Å². The highest BCUT2D eigenvalue weighted by Crippen LogP contribution is 2.21. The van der Waals surface area contributed by atoms with Crippen LogP contribution >= 0.6 is 0 Å². The third-order valence-corrected chi connectivity index (χ3v) is 1.86. The van der Waals surface area contributed by atoms with Crippen molar-refractivity contribution in [2.75, 3.05) is 0 Å². The molecule has 0 fully saturated rings. The molecule has 0 aromatic carbocycles. The van der Waals surface area contributed by atoms with Gasteiger partial charge in [0.1, 0.15) is 0 Å². The lowest BCUT2D eigenvalue weighted by atomic mass is 10.1. The van der Waals surface area contributed by atoms with E-state index in [0.29, 0.717) is 6.42 Å². The SMILES string of the molecule is CCC(/C=C\C(C)C)(OC(C)=O)OC(C)=O. The first-order valence-corrected chi connectivity index (χ1v) is 5.40. The second kappa shape index (κ2) is 6.30. The molecule has 92 valence electrons. The Morgan fingerprint density at radius 2 is 1.62 bits per heavy atom. The zero-order chi connectivity index (χ0) is 12.8. The van der Waals surface area contributed by atoms with Crippen LogP contribution < -0.4 is 0 Å². The topological polar surface area (TPSA) is 52.6 Å². The Morgan fingerprint density at radius 3 is 1.88 bits per heavy atom. The average molecular weight is 228 g/mol. The van der Waals surface area contributed by atoms with Crippen molar-refractivity contribution in [1.29, 1.82) is 0 Å². The molecule has 0 saturated heterocycles. The molecule has 16 heavy (non-hydrogen) atoms. The van der Waals surface area contributed by atoms with Crippen LogP contribution in [0.15, 0.2) is 12.2 Å². The Balaban J connectivity index is 4.94. The summed E-state index contributed by atoms with van der Waals surface area (Å²) in [5, 5.41) is 0. The molecule has 0 aliphatic heterocycles. The van der Waals surface area contributed by atoms with Crippen molar-refractivity contribution in [3.8, 4) is 0 Å². The van der Waals surface area contributed by atoms with Gasteiger partial charge in [0.05, 0.1) is 0 Å². The number of ether oxygens (including phenoxy) is 2. The summed E-state index contributed by atoms with van der Waals surface area (Å²) in [6, 6.07) is 0. The van der Waals surface area contributed by atoms with E-state index < -0.39 is 17.7 Å². The summed E-state index contributed by atoms with van der Waals surface area (Å²) >= 11 is 0. The molecule has 0 spiro atoms. The first kappa shape index (κ1) is 14.7. The van der Waals surface area contributed by atoms with E-state index in [2.05, 4.69) is 0 Å². The van der Waals surface area contributed by atoms with Gasteiger partial charge in [0, 0.05) is 20.3 Å². The van der Waals surface area contributed by atoms with Crippen LogP contribution in [0, 0.1) is 5.92 Å².